The van der Waals surface area contributed by atoms with E-state index in [-0.39, 0.29) is 18.4 Å². The fraction of sp³-hybridized carbons (Fsp3) is 0.524. The van der Waals surface area contributed by atoms with E-state index in [9.17, 15) is 9.59 Å². The second-order valence-electron chi connectivity index (χ2n) is 7.44. The smallest absolute Gasteiger partial charge is 0.303 e. The van der Waals surface area contributed by atoms with Crippen LogP contribution >= 0.6 is 0 Å². The van der Waals surface area contributed by atoms with Gasteiger partial charge < -0.3 is 20.5 Å². The van der Waals surface area contributed by atoms with Crippen molar-refractivity contribution in [1.82, 2.24) is 4.90 Å². The Hall–Kier alpha value is -2.34. The van der Waals surface area contributed by atoms with E-state index in [1.54, 1.807) is 7.11 Å². The van der Waals surface area contributed by atoms with Crippen molar-refractivity contribution in [3.63, 3.8) is 0 Å². The molecule has 1 aliphatic heterocycles. The first-order valence-corrected chi connectivity index (χ1v) is 9.62. The van der Waals surface area contributed by atoms with Gasteiger partial charge in [-0.05, 0) is 55.7 Å². The number of hydrogen-bond acceptors (Lipinski definition) is 4. The highest BCUT2D eigenvalue weighted by molar-refractivity contribution is 6.22. The van der Waals surface area contributed by atoms with Crippen LogP contribution in [0.4, 0.5) is 0 Å². The van der Waals surface area contributed by atoms with Crippen LogP contribution in [-0.2, 0) is 20.7 Å². The Labute approximate surface area is 160 Å². The molecule has 0 unspecified atom stereocenters. The Kier molecular flexibility index (Phi) is 6.16. The van der Waals surface area contributed by atoms with Crippen LogP contribution in [0, 0.1) is 5.92 Å². The lowest BCUT2D eigenvalue weighted by molar-refractivity contribution is -0.137. The van der Waals surface area contributed by atoms with Crippen LogP contribution in [-0.4, -0.2) is 48.1 Å². The summed E-state index contributed by atoms with van der Waals surface area (Å²) in [5.74, 6) is 0.501. The summed E-state index contributed by atoms with van der Waals surface area (Å²) in [6.45, 7) is 1.24. The molecule has 1 aliphatic carbocycles. The van der Waals surface area contributed by atoms with E-state index in [4.69, 9.17) is 15.6 Å². The van der Waals surface area contributed by atoms with Crippen molar-refractivity contribution in [2.24, 2.45) is 11.7 Å². The predicted octanol–water partition coefficient (Wildman–Crippen LogP) is 2.42. The third-order valence-electron chi connectivity index (χ3n) is 5.77. The van der Waals surface area contributed by atoms with Crippen LogP contribution in [0.15, 0.2) is 30.0 Å². The molecule has 1 fully saturated rings. The SMILES string of the molecule is COC1=C(c2ccc(CCC(=O)O)cc2)C(=O)N(C2CCC(CN)CC2)C1. The Morgan fingerprint density at radius 1 is 1.22 bits per heavy atom. The number of carbonyl (C=O) groups is 2. The van der Waals surface area contributed by atoms with Crippen LogP contribution in [0.3, 0.4) is 0 Å². The fourth-order valence-corrected chi connectivity index (χ4v) is 4.10. The molecular formula is C21H28N2O4. The quantitative estimate of drug-likeness (QED) is 0.767. The molecule has 27 heavy (non-hydrogen) atoms. The third-order valence-corrected chi connectivity index (χ3v) is 5.77. The van der Waals surface area contributed by atoms with E-state index in [2.05, 4.69) is 0 Å². The van der Waals surface area contributed by atoms with Crippen molar-refractivity contribution in [2.75, 3.05) is 20.2 Å². The summed E-state index contributed by atoms with van der Waals surface area (Å²) >= 11 is 0. The molecule has 3 N–H and O–H groups in total. The molecule has 1 amide bonds. The number of amides is 1. The zero-order valence-electron chi connectivity index (χ0n) is 15.8. The fourth-order valence-electron chi connectivity index (χ4n) is 4.10. The molecule has 2 aliphatic rings. The van der Waals surface area contributed by atoms with Crippen LogP contribution < -0.4 is 5.73 Å². The number of rotatable bonds is 7. The number of aliphatic carboxylic acids is 1. The van der Waals surface area contributed by atoms with E-state index in [1.807, 2.05) is 29.2 Å². The van der Waals surface area contributed by atoms with Crippen LogP contribution in [0.25, 0.3) is 5.57 Å². The monoisotopic (exact) mass is 372 g/mol. The van der Waals surface area contributed by atoms with Gasteiger partial charge in [-0.15, -0.1) is 0 Å². The van der Waals surface area contributed by atoms with E-state index in [0.717, 1.165) is 43.4 Å². The topological polar surface area (TPSA) is 92.9 Å². The molecule has 1 aromatic carbocycles. The van der Waals surface area contributed by atoms with E-state index < -0.39 is 5.97 Å². The molecular weight excluding hydrogens is 344 g/mol. The number of nitrogens with two attached hydrogens (primary N) is 1. The molecule has 0 radical (unpaired) electrons. The van der Waals surface area contributed by atoms with E-state index in [1.165, 1.54) is 0 Å². The van der Waals surface area contributed by atoms with Crippen molar-refractivity contribution >= 4 is 17.4 Å². The van der Waals surface area contributed by atoms with Crippen molar-refractivity contribution < 1.29 is 19.4 Å². The number of hydrogen-bond donors (Lipinski definition) is 2. The largest absolute Gasteiger partial charge is 0.498 e. The minimum Gasteiger partial charge on any atom is -0.498 e. The second kappa shape index (κ2) is 8.57. The number of nitrogens with zero attached hydrogens (tertiary/aromatic N) is 1. The van der Waals surface area contributed by atoms with Crippen molar-refractivity contribution in [1.29, 1.82) is 0 Å². The van der Waals surface area contributed by atoms with Crippen molar-refractivity contribution in [3.8, 4) is 0 Å². The number of methoxy groups -OCH3 is 1. The molecule has 0 saturated heterocycles. The molecule has 0 spiro atoms. The number of carboxylic acids is 1. The van der Waals surface area contributed by atoms with Gasteiger partial charge in [-0.25, -0.2) is 0 Å². The highest BCUT2D eigenvalue weighted by atomic mass is 16.5. The van der Waals surface area contributed by atoms with Crippen LogP contribution in [0.2, 0.25) is 0 Å². The van der Waals surface area contributed by atoms with Gasteiger partial charge in [-0.2, -0.15) is 0 Å². The summed E-state index contributed by atoms with van der Waals surface area (Å²) in [4.78, 5) is 25.8. The molecule has 1 saturated carbocycles. The number of ether oxygens (including phenoxy) is 1. The minimum atomic E-state index is -0.811. The molecule has 3 rings (SSSR count). The molecule has 0 aromatic heterocycles. The maximum absolute atomic E-state index is 13.1. The summed E-state index contributed by atoms with van der Waals surface area (Å²) in [5.41, 5.74) is 8.18. The lowest BCUT2D eigenvalue weighted by Gasteiger charge is -2.34. The summed E-state index contributed by atoms with van der Waals surface area (Å²) in [7, 11) is 1.61. The van der Waals surface area contributed by atoms with Crippen LogP contribution in [0.1, 0.15) is 43.2 Å². The molecule has 0 atom stereocenters. The Balaban J connectivity index is 1.72. The first-order valence-electron chi connectivity index (χ1n) is 9.62. The standard InChI is InChI=1S/C21H28N2O4/c1-27-18-13-23(17-9-4-15(12-22)5-10-17)21(26)20(18)16-7-2-14(3-8-16)6-11-19(24)25/h2-3,7-8,15,17H,4-6,9-13,22H2,1H3,(H,24,25). The molecule has 6 nitrogen and oxygen atoms in total. The number of aryl methyl sites for hydroxylation is 1. The second-order valence-corrected chi connectivity index (χ2v) is 7.44. The summed E-state index contributed by atoms with van der Waals surface area (Å²) in [5, 5.41) is 8.81. The minimum absolute atomic E-state index is 0.0290. The molecule has 0 bridgehead atoms. The van der Waals surface area contributed by atoms with Gasteiger partial charge in [0, 0.05) is 12.5 Å². The van der Waals surface area contributed by atoms with Gasteiger partial charge in [0.15, 0.2) is 0 Å². The molecule has 1 aromatic rings. The zero-order chi connectivity index (χ0) is 19.4. The van der Waals surface area contributed by atoms with Gasteiger partial charge in [0.2, 0.25) is 0 Å². The highest BCUT2D eigenvalue weighted by Gasteiger charge is 2.37. The van der Waals surface area contributed by atoms with Crippen LogP contribution in [0.5, 0.6) is 0 Å². The van der Waals surface area contributed by atoms with Crippen molar-refractivity contribution in [2.45, 2.75) is 44.6 Å². The zero-order valence-corrected chi connectivity index (χ0v) is 15.8. The van der Waals surface area contributed by atoms with Gasteiger partial charge in [0.05, 0.1) is 19.2 Å². The number of benzene rings is 1. The van der Waals surface area contributed by atoms with Crippen molar-refractivity contribution in [3.05, 3.63) is 41.2 Å². The molecule has 1 heterocycles. The first kappa shape index (κ1) is 19.4. The lowest BCUT2D eigenvalue weighted by atomic mass is 9.85. The highest BCUT2D eigenvalue weighted by Crippen LogP contribution is 2.35. The molecule has 146 valence electrons. The maximum Gasteiger partial charge on any atom is 0.303 e. The van der Waals surface area contributed by atoms with E-state index in [0.29, 0.717) is 30.2 Å². The summed E-state index contributed by atoms with van der Waals surface area (Å²) in [6.07, 6.45) is 4.71. The summed E-state index contributed by atoms with van der Waals surface area (Å²) < 4.78 is 5.54. The van der Waals surface area contributed by atoms with Gasteiger partial charge in [0.1, 0.15) is 5.76 Å². The maximum atomic E-state index is 13.1. The predicted molar refractivity (Wildman–Crippen MR) is 103 cm³/mol. The average molecular weight is 372 g/mol. The number of carbonyl (C=O) groups excluding carboxylic acids is 1. The lowest BCUT2D eigenvalue weighted by Crippen LogP contribution is -2.41. The Morgan fingerprint density at radius 2 is 1.89 bits per heavy atom. The Bertz CT molecular complexity index is 718. The Morgan fingerprint density at radius 3 is 2.44 bits per heavy atom. The van der Waals surface area contributed by atoms with Gasteiger partial charge >= 0.3 is 5.97 Å². The third kappa shape index (κ3) is 4.33. The van der Waals surface area contributed by atoms with Gasteiger partial charge in [0.25, 0.3) is 5.91 Å². The summed E-state index contributed by atoms with van der Waals surface area (Å²) in [6, 6.07) is 7.80. The normalized spacial score (nSPS) is 23.0. The first-order chi connectivity index (χ1) is 13.0. The molecule has 6 heteroatoms. The average Bonchev–Trinajstić information content (AvgIpc) is 3.03. The number of carboxylic acid groups (broad SMARTS) is 1. The van der Waals surface area contributed by atoms with Gasteiger partial charge in [-0.3, -0.25) is 9.59 Å². The van der Waals surface area contributed by atoms with E-state index >= 15 is 0 Å². The van der Waals surface area contributed by atoms with Gasteiger partial charge in [-0.1, -0.05) is 24.3 Å².